The first-order valence-corrected chi connectivity index (χ1v) is 5.06. The van der Waals surface area contributed by atoms with Crippen molar-refractivity contribution in [2.24, 2.45) is 0 Å². The van der Waals surface area contributed by atoms with Crippen molar-refractivity contribution in [1.82, 2.24) is 0 Å². The maximum absolute atomic E-state index is 11.5. The molecule has 0 aliphatic carbocycles. The van der Waals surface area contributed by atoms with E-state index >= 15 is 0 Å². The lowest BCUT2D eigenvalue weighted by atomic mass is 9.95. The molecule has 1 heterocycles. The molecule has 0 unspecified atom stereocenters. The Labute approximate surface area is 83.9 Å². The van der Waals surface area contributed by atoms with Crippen molar-refractivity contribution in [3.8, 4) is 0 Å². The third kappa shape index (κ3) is 1.65. The standard InChI is InChI=1S/C12H14O2/c1-2-10-8-11(12(13)14-10)9-6-4-3-5-7-9/h3-7,10-11H,2,8H2,1H3/t10-,11-/m0/s1. The molecular weight excluding hydrogens is 176 g/mol. The highest BCUT2D eigenvalue weighted by Gasteiger charge is 2.34. The molecular formula is C12H14O2. The van der Waals surface area contributed by atoms with Gasteiger partial charge in [-0.15, -0.1) is 0 Å². The highest BCUT2D eigenvalue weighted by molar-refractivity contribution is 5.80. The van der Waals surface area contributed by atoms with Gasteiger partial charge < -0.3 is 4.74 Å². The van der Waals surface area contributed by atoms with E-state index in [1.54, 1.807) is 0 Å². The number of hydrogen-bond donors (Lipinski definition) is 0. The van der Waals surface area contributed by atoms with Gasteiger partial charge in [0.1, 0.15) is 6.10 Å². The molecule has 0 amide bonds. The SMILES string of the molecule is CC[C@H]1C[C@@H](c2ccccc2)C(=O)O1. The van der Waals surface area contributed by atoms with Crippen LogP contribution in [0.15, 0.2) is 30.3 Å². The minimum Gasteiger partial charge on any atom is -0.462 e. The second kappa shape index (κ2) is 3.82. The van der Waals surface area contributed by atoms with Crippen LogP contribution in [-0.4, -0.2) is 12.1 Å². The molecule has 0 bridgehead atoms. The first-order chi connectivity index (χ1) is 6.81. The van der Waals surface area contributed by atoms with Crippen LogP contribution in [0.2, 0.25) is 0 Å². The van der Waals surface area contributed by atoms with Gasteiger partial charge in [0, 0.05) is 6.42 Å². The Morgan fingerprint density at radius 3 is 2.64 bits per heavy atom. The second-order valence-corrected chi connectivity index (χ2v) is 3.67. The average molecular weight is 190 g/mol. The number of benzene rings is 1. The summed E-state index contributed by atoms with van der Waals surface area (Å²) < 4.78 is 5.24. The lowest BCUT2D eigenvalue weighted by molar-refractivity contribution is -0.142. The fourth-order valence-electron chi connectivity index (χ4n) is 1.86. The molecule has 0 radical (unpaired) electrons. The third-order valence-corrected chi connectivity index (χ3v) is 2.72. The van der Waals surface area contributed by atoms with E-state index in [0.29, 0.717) is 0 Å². The zero-order valence-corrected chi connectivity index (χ0v) is 8.27. The summed E-state index contributed by atoms with van der Waals surface area (Å²) in [4.78, 5) is 11.5. The first-order valence-electron chi connectivity index (χ1n) is 5.06. The molecule has 0 saturated carbocycles. The van der Waals surface area contributed by atoms with Crippen LogP contribution in [-0.2, 0) is 9.53 Å². The van der Waals surface area contributed by atoms with Crippen LogP contribution < -0.4 is 0 Å². The zero-order chi connectivity index (χ0) is 9.97. The minimum atomic E-state index is -0.0666. The number of carbonyl (C=O) groups excluding carboxylic acids is 1. The number of hydrogen-bond acceptors (Lipinski definition) is 2. The summed E-state index contributed by atoms with van der Waals surface area (Å²) >= 11 is 0. The molecule has 1 aromatic rings. The van der Waals surface area contributed by atoms with E-state index in [1.807, 2.05) is 37.3 Å². The second-order valence-electron chi connectivity index (χ2n) is 3.67. The zero-order valence-electron chi connectivity index (χ0n) is 8.27. The van der Waals surface area contributed by atoms with Crippen molar-refractivity contribution < 1.29 is 9.53 Å². The summed E-state index contributed by atoms with van der Waals surface area (Å²) in [5.41, 5.74) is 1.08. The quantitative estimate of drug-likeness (QED) is 0.670. The molecule has 2 heteroatoms. The molecule has 1 aliphatic heterocycles. The molecule has 0 N–H and O–H groups in total. The monoisotopic (exact) mass is 190 g/mol. The van der Waals surface area contributed by atoms with Crippen LogP contribution in [0.25, 0.3) is 0 Å². The molecule has 2 nitrogen and oxygen atoms in total. The normalized spacial score (nSPS) is 26.2. The van der Waals surface area contributed by atoms with Crippen molar-refractivity contribution >= 4 is 5.97 Å². The van der Waals surface area contributed by atoms with Gasteiger partial charge in [-0.05, 0) is 12.0 Å². The summed E-state index contributed by atoms with van der Waals surface area (Å²) in [7, 11) is 0. The van der Waals surface area contributed by atoms with E-state index in [-0.39, 0.29) is 18.0 Å². The maximum atomic E-state index is 11.5. The summed E-state index contributed by atoms with van der Waals surface area (Å²) in [5.74, 6) is -0.107. The molecule has 74 valence electrons. The smallest absolute Gasteiger partial charge is 0.313 e. The highest BCUT2D eigenvalue weighted by atomic mass is 16.5. The van der Waals surface area contributed by atoms with Crippen LogP contribution >= 0.6 is 0 Å². The van der Waals surface area contributed by atoms with E-state index in [2.05, 4.69) is 0 Å². The van der Waals surface area contributed by atoms with Crippen LogP contribution in [0.4, 0.5) is 0 Å². The molecule has 0 spiro atoms. The van der Waals surface area contributed by atoms with Crippen molar-refractivity contribution in [1.29, 1.82) is 0 Å². The van der Waals surface area contributed by atoms with Crippen molar-refractivity contribution in [2.45, 2.75) is 31.8 Å². The van der Waals surface area contributed by atoms with E-state index in [0.717, 1.165) is 18.4 Å². The van der Waals surface area contributed by atoms with Gasteiger partial charge in [0.25, 0.3) is 0 Å². The van der Waals surface area contributed by atoms with Gasteiger partial charge >= 0.3 is 5.97 Å². The number of esters is 1. The number of carbonyl (C=O) groups is 1. The Morgan fingerprint density at radius 2 is 2.07 bits per heavy atom. The molecule has 1 fully saturated rings. The van der Waals surface area contributed by atoms with Crippen molar-refractivity contribution in [3.63, 3.8) is 0 Å². The van der Waals surface area contributed by atoms with Gasteiger partial charge in [-0.1, -0.05) is 37.3 Å². The lowest BCUT2D eigenvalue weighted by Crippen LogP contribution is -2.05. The van der Waals surface area contributed by atoms with Gasteiger partial charge in [-0.25, -0.2) is 0 Å². The first kappa shape index (κ1) is 9.25. The average Bonchev–Trinajstić information content (AvgIpc) is 2.61. The molecule has 1 aliphatic rings. The van der Waals surface area contributed by atoms with Gasteiger partial charge in [-0.2, -0.15) is 0 Å². The van der Waals surface area contributed by atoms with E-state index in [9.17, 15) is 4.79 Å². The van der Waals surface area contributed by atoms with Gasteiger partial charge in [0.15, 0.2) is 0 Å². The number of ether oxygens (including phenoxy) is 1. The van der Waals surface area contributed by atoms with Gasteiger partial charge in [-0.3, -0.25) is 4.79 Å². The van der Waals surface area contributed by atoms with Gasteiger partial charge in [0.2, 0.25) is 0 Å². The van der Waals surface area contributed by atoms with Crippen LogP contribution in [0.3, 0.4) is 0 Å². The predicted octanol–water partition coefficient (Wildman–Crippen LogP) is 2.50. The maximum Gasteiger partial charge on any atom is 0.313 e. The highest BCUT2D eigenvalue weighted by Crippen LogP contribution is 2.31. The Bertz CT molecular complexity index is 318. The van der Waals surface area contributed by atoms with Crippen molar-refractivity contribution in [2.75, 3.05) is 0 Å². The minimum absolute atomic E-state index is 0.0406. The molecule has 14 heavy (non-hydrogen) atoms. The lowest BCUT2D eigenvalue weighted by Gasteiger charge is -2.04. The predicted molar refractivity (Wildman–Crippen MR) is 54.0 cm³/mol. The summed E-state index contributed by atoms with van der Waals surface area (Å²) in [5, 5.41) is 0. The van der Waals surface area contributed by atoms with E-state index in [4.69, 9.17) is 4.74 Å². The Hall–Kier alpha value is -1.31. The third-order valence-electron chi connectivity index (χ3n) is 2.72. The van der Waals surface area contributed by atoms with Gasteiger partial charge in [0.05, 0.1) is 5.92 Å². The molecule has 1 saturated heterocycles. The molecule has 2 rings (SSSR count). The number of rotatable bonds is 2. The topological polar surface area (TPSA) is 26.3 Å². The summed E-state index contributed by atoms with van der Waals surface area (Å²) in [6.07, 6.45) is 1.86. The summed E-state index contributed by atoms with van der Waals surface area (Å²) in [6.45, 7) is 2.05. The van der Waals surface area contributed by atoms with E-state index in [1.165, 1.54) is 0 Å². The number of cyclic esters (lactones) is 1. The molecule has 0 aromatic heterocycles. The summed E-state index contributed by atoms with van der Waals surface area (Å²) in [6, 6.07) is 9.86. The molecule has 1 aromatic carbocycles. The fraction of sp³-hybridized carbons (Fsp3) is 0.417. The Balaban J connectivity index is 2.17. The van der Waals surface area contributed by atoms with E-state index < -0.39 is 0 Å². The largest absolute Gasteiger partial charge is 0.462 e. The molecule has 2 atom stereocenters. The van der Waals surface area contributed by atoms with Crippen LogP contribution in [0, 0.1) is 0 Å². The fourth-order valence-corrected chi connectivity index (χ4v) is 1.86. The Morgan fingerprint density at radius 1 is 1.36 bits per heavy atom. The van der Waals surface area contributed by atoms with Crippen LogP contribution in [0.1, 0.15) is 31.2 Å². The van der Waals surface area contributed by atoms with Crippen molar-refractivity contribution in [3.05, 3.63) is 35.9 Å². The van der Waals surface area contributed by atoms with Crippen LogP contribution in [0.5, 0.6) is 0 Å². The Kier molecular flexibility index (Phi) is 2.53.